The fourth-order valence-corrected chi connectivity index (χ4v) is 3.63. The van der Waals surface area contributed by atoms with E-state index in [0.29, 0.717) is 10.6 Å². The van der Waals surface area contributed by atoms with Gasteiger partial charge in [0.1, 0.15) is 0 Å². The minimum absolute atomic E-state index is 0.130. The lowest BCUT2D eigenvalue weighted by molar-refractivity contribution is 0.103. The highest BCUT2D eigenvalue weighted by molar-refractivity contribution is 9.11. The third-order valence-corrected chi connectivity index (χ3v) is 5.14. The van der Waals surface area contributed by atoms with E-state index in [1.54, 1.807) is 12.3 Å². The zero-order chi connectivity index (χ0) is 14.1. The molecule has 20 heavy (non-hydrogen) atoms. The molecule has 0 unspecified atom stereocenters. The van der Waals surface area contributed by atoms with Crippen molar-refractivity contribution in [3.63, 3.8) is 0 Å². The third-order valence-electron chi connectivity index (χ3n) is 2.76. The Morgan fingerprint density at radius 1 is 1.25 bits per heavy atom. The van der Waals surface area contributed by atoms with E-state index in [1.807, 2.05) is 29.6 Å². The molecule has 0 spiro atoms. The van der Waals surface area contributed by atoms with Crippen LogP contribution in [-0.2, 0) is 0 Å². The van der Waals surface area contributed by atoms with E-state index in [0.717, 1.165) is 19.8 Å². The van der Waals surface area contributed by atoms with Crippen LogP contribution in [0.5, 0.6) is 0 Å². The summed E-state index contributed by atoms with van der Waals surface area (Å²) in [6.07, 6.45) is 1.71. The molecule has 0 saturated heterocycles. The van der Waals surface area contributed by atoms with Gasteiger partial charge in [-0.1, -0.05) is 22.0 Å². The van der Waals surface area contributed by atoms with Crippen molar-refractivity contribution < 1.29 is 4.79 Å². The number of hydrogen-bond donors (Lipinski definition) is 1. The van der Waals surface area contributed by atoms with E-state index in [9.17, 15) is 4.79 Å². The fourth-order valence-electron chi connectivity index (χ4n) is 1.85. The zero-order valence-electron chi connectivity index (χ0n) is 10.1. The smallest absolute Gasteiger partial charge is 0.265 e. The monoisotopic (exact) mass is 410 g/mol. The number of pyridine rings is 1. The Morgan fingerprint density at radius 2 is 2.10 bits per heavy atom. The topological polar surface area (TPSA) is 42.0 Å². The molecule has 1 N–H and O–H groups in total. The molecular formula is C14H8Br2N2OS. The summed E-state index contributed by atoms with van der Waals surface area (Å²) >= 11 is 8.23. The number of hydrogen-bond acceptors (Lipinski definition) is 3. The number of anilines is 1. The van der Waals surface area contributed by atoms with E-state index in [1.165, 1.54) is 11.3 Å². The molecule has 1 amide bonds. The molecule has 3 rings (SSSR count). The average Bonchev–Trinajstić information content (AvgIpc) is 2.89. The second-order valence-electron chi connectivity index (χ2n) is 4.08. The summed E-state index contributed by atoms with van der Waals surface area (Å²) in [6.45, 7) is 0. The first kappa shape index (κ1) is 13.7. The Hall–Kier alpha value is -1.24. The molecule has 0 aliphatic carbocycles. The highest BCUT2D eigenvalue weighted by atomic mass is 79.9. The van der Waals surface area contributed by atoms with Gasteiger partial charge in [0.05, 0.1) is 16.1 Å². The maximum absolute atomic E-state index is 12.2. The summed E-state index contributed by atoms with van der Waals surface area (Å²) < 4.78 is 1.86. The van der Waals surface area contributed by atoms with Crippen molar-refractivity contribution in [3.05, 3.63) is 55.7 Å². The second-order valence-corrected chi connectivity index (χ2v) is 6.76. The summed E-state index contributed by atoms with van der Waals surface area (Å²) in [5, 5.41) is 5.76. The van der Waals surface area contributed by atoms with Gasteiger partial charge in [-0.2, -0.15) is 0 Å². The van der Waals surface area contributed by atoms with E-state index in [2.05, 4.69) is 42.2 Å². The lowest BCUT2D eigenvalue weighted by atomic mass is 10.2. The molecule has 0 bridgehead atoms. The Balaban J connectivity index is 1.99. The van der Waals surface area contributed by atoms with E-state index in [4.69, 9.17) is 0 Å². The number of carbonyl (C=O) groups is 1. The number of amides is 1. The van der Waals surface area contributed by atoms with Crippen LogP contribution < -0.4 is 5.32 Å². The third kappa shape index (κ3) is 2.63. The Morgan fingerprint density at radius 3 is 2.85 bits per heavy atom. The van der Waals surface area contributed by atoms with Gasteiger partial charge in [0.2, 0.25) is 0 Å². The number of halogens is 2. The Labute approximate surface area is 136 Å². The van der Waals surface area contributed by atoms with Crippen LogP contribution in [0, 0.1) is 0 Å². The summed E-state index contributed by atoms with van der Waals surface area (Å²) in [5.41, 5.74) is 1.48. The quantitative estimate of drug-likeness (QED) is 0.639. The lowest BCUT2D eigenvalue weighted by Crippen LogP contribution is -2.10. The minimum atomic E-state index is -0.130. The maximum Gasteiger partial charge on any atom is 0.265 e. The SMILES string of the molecule is O=C(Nc1ccc(Br)c2cccnc12)c1cc(Br)cs1. The number of rotatable bonds is 2. The van der Waals surface area contributed by atoms with Crippen LogP contribution in [0.4, 0.5) is 5.69 Å². The van der Waals surface area contributed by atoms with Crippen LogP contribution >= 0.6 is 43.2 Å². The predicted octanol–water partition coefficient (Wildman–Crippen LogP) is 5.07. The molecule has 0 radical (unpaired) electrons. The van der Waals surface area contributed by atoms with Crippen molar-refractivity contribution in [2.75, 3.05) is 5.32 Å². The number of thiophene rings is 1. The normalized spacial score (nSPS) is 10.7. The van der Waals surface area contributed by atoms with Gasteiger partial charge in [0.25, 0.3) is 5.91 Å². The first-order valence-corrected chi connectivity index (χ1v) is 8.20. The van der Waals surface area contributed by atoms with Gasteiger partial charge >= 0.3 is 0 Å². The molecular weight excluding hydrogens is 404 g/mol. The molecule has 3 aromatic rings. The fraction of sp³-hybridized carbons (Fsp3) is 0. The molecule has 1 aromatic carbocycles. The maximum atomic E-state index is 12.2. The van der Waals surface area contributed by atoms with Gasteiger partial charge < -0.3 is 5.32 Å². The van der Waals surface area contributed by atoms with Crippen LogP contribution in [0.1, 0.15) is 9.67 Å². The van der Waals surface area contributed by atoms with Crippen molar-refractivity contribution in [1.82, 2.24) is 4.98 Å². The largest absolute Gasteiger partial charge is 0.319 e. The molecule has 0 aliphatic heterocycles. The summed E-state index contributed by atoms with van der Waals surface area (Å²) in [4.78, 5) is 17.2. The number of nitrogens with one attached hydrogen (secondary N) is 1. The summed E-state index contributed by atoms with van der Waals surface area (Å²) in [7, 11) is 0. The molecule has 2 aromatic heterocycles. The van der Waals surface area contributed by atoms with E-state index < -0.39 is 0 Å². The molecule has 0 aliphatic rings. The number of benzene rings is 1. The first-order valence-electron chi connectivity index (χ1n) is 5.74. The Bertz CT molecular complexity index is 801. The molecule has 100 valence electrons. The molecule has 3 nitrogen and oxygen atoms in total. The van der Waals surface area contributed by atoms with Crippen molar-refractivity contribution in [3.8, 4) is 0 Å². The number of carbonyl (C=O) groups excluding carboxylic acids is 1. The molecule has 2 heterocycles. The zero-order valence-corrected chi connectivity index (χ0v) is 14.0. The van der Waals surface area contributed by atoms with Crippen LogP contribution in [-0.4, -0.2) is 10.9 Å². The van der Waals surface area contributed by atoms with Crippen molar-refractivity contribution in [2.45, 2.75) is 0 Å². The van der Waals surface area contributed by atoms with Gasteiger partial charge in [-0.15, -0.1) is 11.3 Å². The summed E-state index contributed by atoms with van der Waals surface area (Å²) in [5.74, 6) is -0.130. The van der Waals surface area contributed by atoms with E-state index in [-0.39, 0.29) is 5.91 Å². The number of fused-ring (bicyclic) bond motifs is 1. The minimum Gasteiger partial charge on any atom is -0.319 e. The Kier molecular flexibility index (Phi) is 3.87. The van der Waals surface area contributed by atoms with Crippen molar-refractivity contribution >= 4 is 65.7 Å². The first-order chi connectivity index (χ1) is 9.65. The molecule has 0 atom stereocenters. The van der Waals surface area contributed by atoms with Crippen molar-refractivity contribution in [1.29, 1.82) is 0 Å². The standard InChI is InChI=1S/C14H8Br2N2OS/c15-8-6-12(20-7-8)14(19)18-11-4-3-10(16)9-2-1-5-17-13(9)11/h1-7H,(H,18,19). The molecule has 6 heteroatoms. The van der Waals surface area contributed by atoms with Gasteiger partial charge in [0, 0.05) is 25.9 Å². The highest BCUT2D eigenvalue weighted by Gasteiger charge is 2.12. The number of aromatic nitrogens is 1. The van der Waals surface area contributed by atoms with Gasteiger partial charge in [-0.05, 0) is 40.2 Å². The molecule has 0 saturated carbocycles. The van der Waals surface area contributed by atoms with Gasteiger partial charge in [-0.3, -0.25) is 9.78 Å². The van der Waals surface area contributed by atoms with Crippen LogP contribution in [0.3, 0.4) is 0 Å². The lowest BCUT2D eigenvalue weighted by Gasteiger charge is -2.08. The number of nitrogens with zero attached hydrogens (tertiary/aromatic N) is 1. The van der Waals surface area contributed by atoms with Crippen LogP contribution in [0.15, 0.2) is 50.9 Å². The molecule has 0 fully saturated rings. The summed E-state index contributed by atoms with van der Waals surface area (Å²) in [6, 6.07) is 9.39. The van der Waals surface area contributed by atoms with Gasteiger partial charge in [0.15, 0.2) is 0 Å². The van der Waals surface area contributed by atoms with Crippen LogP contribution in [0.2, 0.25) is 0 Å². The van der Waals surface area contributed by atoms with Crippen molar-refractivity contribution in [2.24, 2.45) is 0 Å². The predicted molar refractivity (Wildman–Crippen MR) is 89.4 cm³/mol. The van der Waals surface area contributed by atoms with Crippen LogP contribution in [0.25, 0.3) is 10.9 Å². The average molecular weight is 412 g/mol. The second kappa shape index (κ2) is 5.63. The highest BCUT2D eigenvalue weighted by Crippen LogP contribution is 2.29. The van der Waals surface area contributed by atoms with E-state index >= 15 is 0 Å². The van der Waals surface area contributed by atoms with Gasteiger partial charge in [-0.25, -0.2) is 0 Å².